The number of halogens is 1. The molecule has 4 rings (SSSR count). The first-order valence-electron chi connectivity index (χ1n) is 8.36. The van der Waals surface area contributed by atoms with Crippen LogP contribution >= 0.6 is 35.1 Å². The minimum absolute atomic E-state index is 0. The number of amides is 1. The van der Waals surface area contributed by atoms with Gasteiger partial charge in [0.2, 0.25) is 5.91 Å². The van der Waals surface area contributed by atoms with Crippen LogP contribution in [0.2, 0.25) is 0 Å². The number of thiazole rings is 1. The topological polar surface area (TPSA) is 54.0 Å². The van der Waals surface area contributed by atoms with Crippen LogP contribution in [0.4, 0.5) is 0 Å². The highest BCUT2D eigenvalue weighted by atomic mass is 35.5. The fourth-order valence-electron chi connectivity index (χ4n) is 2.74. The first kappa shape index (κ1) is 19.0. The molecule has 0 radical (unpaired) electrons. The van der Waals surface area contributed by atoms with Gasteiger partial charge in [-0.3, -0.25) is 4.79 Å². The molecule has 0 bridgehead atoms. The third-order valence-electron chi connectivity index (χ3n) is 4.25. The third-order valence-corrected chi connectivity index (χ3v) is 6.23. The molecule has 2 N–H and O–H groups in total. The molecule has 136 valence electrons. The number of nitrogens with zero attached hydrogens (tertiary/aromatic N) is 1. The summed E-state index contributed by atoms with van der Waals surface area (Å²) in [6.45, 7) is 2.75. The van der Waals surface area contributed by atoms with Crippen LogP contribution in [-0.4, -0.2) is 30.5 Å². The smallest absolute Gasteiger partial charge is 0.225 e. The first-order valence-corrected chi connectivity index (χ1v) is 10.1. The summed E-state index contributed by atoms with van der Waals surface area (Å²) >= 11 is 3.28. The van der Waals surface area contributed by atoms with Crippen LogP contribution in [0.3, 0.4) is 0 Å². The van der Waals surface area contributed by atoms with Crippen molar-refractivity contribution in [3.8, 4) is 21.1 Å². The highest BCUT2D eigenvalue weighted by Gasteiger charge is 2.20. The van der Waals surface area contributed by atoms with Gasteiger partial charge in [-0.1, -0.05) is 36.4 Å². The van der Waals surface area contributed by atoms with Crippen LogP contribution in [0.15, 0.2) is 47.8 Å². The van der Waals surface area contributed by atoms with Crippen LogP contribution in [0.25, 0.3) is 21.1 Å². The lowest BCUT2D eigenvalue weighted by atomic mass is 10.0. The number of hydrogen-bond donors (Lipinski definition) is 2. The van der Waals surface area contributed by atoms with E-state index in [1.54, 1.807) is 22.7 Å². The molecule has 1 aliphatic rings. The molecule has 1 saturated heterocycles. The number of hydrogen-bond acceptors (Lipinski definition) is 5. The highest BCUT2D eigenvalue weighted by molar-refractivity contribution is 7.17. The van der Waals surface area contributed by atoms with E-state index in [2.05, 4.69) is 28.8 Å². The number of carbonyl (C=O) groups excluding carboxylic acids is 1. The Hall–Kier alpha value is -1.73. The second-order valence-corrected chi connectivity index (χ2v) is 8.17. The summed E-state index contributed by atoms with van der Waals surface area (Å²) in [6.07, 6.45) is 0.387. The molecule has 1 fully saturated rings. The maximum Gasteiger partial charge on any atom is 0.225 e. The fraction of sp³-hybridized carbons (Fsp3) is 0.263. The van der Waals surface area contributed by atoms with Crippen molar-refractivity contribution in [1.29, 1.82) is 0 Å². The van der Waals surface area contributed by atoms with Gasteiger partial charge < -0.3 is 10.6 Å². The Bertz CT molecular complexity index is 845. The second-order valence-electron chi connectivity index (χ2n) is 6.14. The van der Waals surface area contributed by atoms with E-state index in [0.29, 0.717) is 12.3 Å². The summed E-state index contributed by atoms with van der Waals surface area (Å²) in [5, 5.41) is 9.30. The molecule has 7 heteroatoms. The van der Waals surface area contributed by atoms with Crippen molar-refractivity contribution in [2.45, 2.75) is 6.42 Å². The summed E-state index contributed by atoms with van der Waals surface area (Å²) in [7, 11) is 0. The minimum Gasteiger partial charge on any atom is -0.355 e. The summed E-state index contributed by atoms with van der Waals surface area (Å²) in [4.78, 5) is 19.4. The van der Waals surface area contributed by atoms with Gasteiger partial charge in [-0.2, -0.15) is 0 Å². The van der Waals surface area contributed by atoms with Gasteiger partial charge in [0, 0.05) is 36.0 Å². The molecule has 3 aromatic rings. The van der Waals surface area contributed by atoms with E-state index in [9.17, 15) is 4.79 Å². The van der Waals surface area contributed by atoms with E-state index in [4.69, 9.17) is 4.98 Å². The lowest BCUT2D eigenvalue weighted by Gasteiger charge is -2.27. The lowest BCUT2D eigenvalue weighted by molar-refractivity contribution is -0.120. The minimum atomic E-state index is 0. The van der Waals surface area contributed by atoms with Crippen molar-refractivity contribution in [1.82, 2.24) is 15.6 Å². The number of rotatable bonds is 6. The van der Waals surface area contributed by atoms with Crippen molar-refractivity contribution in [2.24, 2.45) is 5.92 Å². The van der Waals surface area contributed by atoms with Crippen molar-refractivity contribution >= 4 is 41.0 Å². The number of carbonyl (C=O) groups is 1. The van der Waals surface area contributed by atoms with E-state index >= 15 is 0 Å². The van der Waals surface area contributed by atoms with Gasteiger partial charge in [-0.25, -0.2) is 4.98 Å². The molecule has 4 nitrogen and oxygen atoms in total. The highest BCUT2D eigenvalue weighted by Crippen LogP contribution is 2.36. The van der Waals surface area contributed by atoms with E-state index in [0.717, 1.165) is 45.7 Å². The molecule has 1 amide bonds. The molecule has 0 saturated carbocycles. The van der Waals surface area contributed by atoms with E-state index in [1.807, 2.05) is 29.6 Å². The molecule has 0 atom stereocenters. The van der Waals surface area contributed by atoms with Crippen molar-refractivity contribution in [3.05, 3.63) is 52.7 Å². The molecule has 1 aliphatic heterocycles. The Morgan fingerprint density at radius 1 is 1.19 bits per heavy atom. The predicted octanol–water partition coefficient (Wildman–Crippen LogP) is 3.84. The predicted molar refractivity (Wildman–Crippen MR) is 111 cm³/mol. The molecular weight excluding hydrogens is 386 g/mol. The zero-order valence-corrected chi connectivity index (χ0v) is 16.6. The Morgan fingerprint density at radius 2 is 2.00 bits per heavy atom. The Morgan fingerprint density at radius 3 is 2.65 bits per heavy atom. The maximum absolute atomic E-state index is 12.4. The van der Waals surface area contributed by atoms with Crippen molar-refractivity contribution < 1.29 is 4.79 Å². The van der Waals surface area contributed by atoms with Gasteiger partial charge in [0.1, 0.15) is 5.01 Å². The van der Waals surface area contributed by atoms with Gasteiger partial charge in [-0.15, -0.1) is 35.1 Å². The van der Waals surface area contributed by atoms with Crippen LogP contribution in [-0.2, 0) is 11.2 Å². The van der Waals surface area contributed by atoms with E-state index < -0.39 is 0 Å². The van der Waals surface area contributed by atoms with E-state index in [-0.39, 0.29) is 18.3 Å². The van der Waals surface area contributed by atoms with Crippen LogP contribution in [0.1, 0.15) is 4.88 Å². The zero-order valence-electron chi connectivity index (χ0n) is 14.1. The Labute approximate surface area is 167 Å². The molecular formula is C19H20ClN3OS2. The van der Waals surface area contributed by atoms with Crippen molar-refractivity contribution in [2.75, 3.05) is 19.6 Å². The lowest BCUT2D eigenvalue weighted by Crippen LogP contribution is -2.48. The van der Waals surface area contributed by atoms with Gasteiger partial charge in [0.25, 0.3) is 0 Å². The number of nitrogens with one attached hydrogen (secondary N) is 2. The fourth-order valence-corrected chi connectivity index (χ4v) is 4.63. The molecule has 0 spiro atoms. The van der Waals surface area contributed by atoms with Gasteiger partial charge >= 0.3 is 0 Å². The van der Waals surface area contributed by atoms with Crippen LogP contribution in [0, 0.1) is 5.92 Å². The van der Waals surface area contributed by atoms with Crippen LogP contribution < -0.4 is 10.6 Å². The number of aromatic nitrogens is 1. The molecule has 0 unspecified atom stereocenters. The van der Waals surface area contributed by atoms with Gasteiger partial charge in [0.15, 0.2) is 0 Å². The Balaban J connectivity index is 0.00000196. The Kier molecular flexibility index (Phi) is 6.43. The quantitative estimate of drug-likeness (QED) is 0.655. The third kappa shape index (κ3) is 4.32. The summed E-state index contributed by atoms with van der Waals surface area (Å²) < 4.78 is 0. The number of thiophene rings is 1. The summed E-state index contributed by atoms with van der Waals surface area (Å²) in [5.41, 5.74) is 2.04. The normalized spacial score (nSPS) is 13.7. The van der Waals surface area contributed by atoms with Crippen molar-refractivity contribution in [3.63, 3.8) is 0 Å². The first-order chi connectivity index (χ1) is 12.3. The molecule has 3 heterocycles. The monoisotopic (exact) mass is 405 g/mol. The average molecular weight is 406 g/mol. The molecule has 26 heavy (non-hydrogen) atoms. The van der Waals surface area contributed by atoms with Gasteiger partial charge in [-0.05, 0) is 11.4 Å². The summed E-state index contributed by atoms with van der Waals surface area (Å²) in [5.74, 6) is 0.648. The van der Waals surface area contributed by atoms with Crippen LogP contribution in [0.5, 0.6) is 0 Å². The SMILES string of the molecule is Cl.O=C(Cc1sc(-c2ccccc2)nc1-c1cccs1)NCC1CNC1. The average Bonchev–Trinajstić information content (AvgIpc) is 3.23. The second kappa shape index (κ2) is 8.77. The maximum atomic E-state index is 12.4. The standard InChI is InChI=1S/C19H19N3OS2.ClH/c23-17(21-12-13-10-20-11-13)9-16-18(15-7-4-8-24-15)22-19(25-16)14-5-2-1-3-6-14;/h1-8,13,20H,9-12H2,(H,21,23);1H. The number of benzene rings is 1. The molecule has 2 aromatic heterocycles. The molecule has 1 aromatic carbocycles. The summed E-state index contributed by atoms with van der Waals surface area (Å²) in [6, 6.07) is 14.2. The zero-order chi connectivity index (χ0) is 17.1. The van der Waals surface area contributed by atoms with E-state index in [1.165, 1.54) is 0 Å². The largest absolute Gasteiger partial charge is 0.355 e. The van der Waals surface area contributed by atoms with Gasteiger partial charge in [0.05, 0.1) is 17.0 Å². The molecule has 0 aliphatic carbocycles.